The second kappa shape index (κ2) is 7.05. The second-order valence-electron chi connectivity index (χ2n) is 3.36. The van der Waals surface area contributed by atoms with Crippen LogP contribution in [0.3, 0.4) is 0 Å². The van der Waals surface area contributed by atoms with Crippen molar-refractivity contribution in [2.24, 2.45) is 0 Å². The highest BCUT2D eigenvalue weighted by atomic mass is 16.5. The number of nitrogens with one attached hydrogen (secondary N) is 1. The van der Waals surface area contributed by atoms with E-state index in [1.807, 2.05) is 0 Å². The van der Waals surface area contributed by atoms with Crippen molar-refractivity contribution < 1.29 is 19.4 Å². The van der Waals surface area contributed by atoms with E-state index in [1.165, 1.54) is 12.3 Å². The van der Waals surface area contributed by atoms with Gasteiger partial charge in [0.2, 0.25) is 5.91 Å². The van der Waals surface area contributed by atoms with E-state index in [1.54, 1.807) is 19.2 Å². The molecule has 0 unspecified atom stereocenters. The molecule has 0 fully saturated rings. The summed E-state index contributed by atoms with van der Waals surface area (Å²) < 4.78 is 5.30. The van der Waals surface area contributed by atoms with Gasteiger partial charge in [0, 0.05) is 13.1 Å². The number of carboxylic acid groups (broad SMARTS) is 1. The molecule has 1 aromatic heterocycles. The number of nitrogens with zero attached hydrogens (tertiary/aromatic N) is 1. The van der Waals surface area contributed by atoms with Crippen LogP contribution < -0.4 is 10.1 Å². The van der Waals surface area contributed by atoms with Crippen molar-refractivity contribution in [3.63, 3.8) is 0 Å². The summed E-state index contributed by atoms with van der Waals surface area (Å²) in [6, 6.07) is 3.30. The molecule has 0 spiro atoms. The lowest BCUT2D eigenvalue weighted by molar-refractivity contribution is -0.131. The third kappa shape index (κ3) is 5.11. The number of hydrogen-bond acceptors (Lipinski definition) is 4. The van der Waals surface area contributed by atoms with Crippen molar-refractivity contribution in [1.82, 2.24) is 10.3 Å². The molecule has 0 saturated carbocycles. The van der Waals surface area contributed by atoms with Crippen LogP contribution in [-0.2, 0) is 9.59 Å². The Morgan fingerprint density at radius 3 is 2.83 bits per heavy atom. The molecule has 0 bridgehead atoms. The average Bonchev–Trinajstić information content (AvgIpc) is 2.37. The molecule has 6 nitrogen and oxygen atoms in total. The number of carbonyl (C=O) groups is 2. The van der Waals surface area contributed by atoms with Gasteiger partial charge in [-0.25, -0.2) is 4.79 Å². The zero-order valence-electron chi connectivity index (χ0n) is 9.92. The Morgan fingerprint density at radius 2 is 2.28 bits per heavy atom. The summed E-state index contributed by atoms with van der Waals surface area (Å²) in [4.78, 5) is 25.2. The molecule has 0 saturated heterocycles. The minimum atomic E-state index is -1.03. The Bertz CT molecular complexity index is 440. The molecule has 0 atom stereocenters. The van der Waals surface area contributed by atoms with Crippen LogP contribution in [0.4, 0.5) is 0 Å². The zero-order chi connectivity index (χ0) is 13.4. The molecule has 6 heteroatoms. The molecular formula is C12H14N2O4. The molecule has 0 aliphatic carbocycles. The lowest BCUT2D eigenvalue weighted by Gasteiger charge is -2.04. The Kier molecular flexibility index (Phi) is 5.37. The minimum Gasteiger partial charge on any atom is -0.491 e. The first-order valence-corrected chi connectivity index (χ1v) is 5.32. The molecular weight excluding hydrogens is 236 g/mol. The van der Waals surface area contributed by atoms with E-state index in [-0.39, 0.29) is 18.9 Å². The summed E-state index contributed by atoms with van der Waals surface area (Å²) in [5.41, 5.74) is 0.524. The van der Waals surface area contributed by atoms with Crippen LogP contribution in [0.5, 0.6) is 5.75 Å². The van der Waals surface area contributed by atoms with Crippen LogP contribution in [-0.4, -0.2) is 35.6 Å². The number of hydrogen-bond donors (Lipinski definition) is 2. The van der Waals surface area contributed by atoms with Crippen LogP contribution in [0.2, 0.25) is 0 Å². The van der Waals surface area contributed by atoms with Gasteiger partial charge in [0.25, 0.3) is 0 Å². The molecule has 2 N–H and O–H groups in total. The Balaban J connectivity index is 2.45. The van der Waals surface area contributed by atoms with E-state index < -0.39 is 5.97 Å². The maximum atomic E-state index is 10.9. The lowest BCUT2D eigenvalue weighted by Crippen LogP contribution is -2.20. The summed E-state index contributed by atoms with van der Waals surface area (Å²) in [6.07, 6.45) is 4.15. The van der Waals surface area contributed by atoms with Gasteiger partial charge < -0.3 is 15.2 Å². The number of pyridine rings is 1. The minimum absolute atomic E-state index is 0.0935. The Labute approximate surface area is 104 Å². The van der Waals surface area contributed by atoms with Gasteiger partial charge in [-0.2, -0.15) is 0 Å². The van der Waals surface area contributed by atoms with Crippen LogP contribution >= 0.6 is 0 Å². The van der Waals surface area contributed by atoms with Gasteiger partial charge in [-0.15, -0.1) is 0 Å². The number of ether oxygens (including phenoxy) is 1. The van der Waals surface area contributed by atoms with E-state index in [0.29, 0.717) is 11.4 Å². The molecule has 0 radical (unpaired) electrons. The van der Waals surface area contributed by atoms with Crippen molar-refractivity contribution in [1.29, 1.82) is 0 Å². The normalized spacial score (nSPS) is 10.3. The predicted octanol–water partition coefficient (Wildman–Crippen LogP) is 0.694. The maximum absolute atomic E-state index is 10.9. The van der Waals surface area contributed by atoms with Crippen LogP contribution in [0.1, 0.15) is 12.1 Å². The molecule has 1 amide bonds. The van der Waals surface area contributed by atoms with Gasteiger partial charge in [0.1, 0.15) is 5.75 Å². The van der Waals surface area contributed by atoms with Crippen molar-refractivity contribution in [2.45, 2.75) is 6.42 Å². The SMILES string of the molecule is CNC(=O)CCOc1ccc(C=CC(=O)O)nc1. The Hall–Kier alpha value is -2.37. The number of aromatic nitrogens is 1. The molecule has 0 aliphatic heterocycles. The highest BCUT2D eigenvalue weighted by Gasteiger charge is 1.99. The first-order valence-electron chi connectivity index (χ1n) is 5.32. The van der Waals surface area contributed by atoms with Crippen molar-refractivity contribution in [3.05, 3.63) is 30.1 Å². The van der Waals surface area contributed by atoms with E-state index in [2.05, 4.69) is 10.3 Å². The van der Waals surface area contributed by atoms with E-state index >= 15 is 0 Å². The van der Waals surface area contributed by atoms with E-state index in [9.17, 15) is 9.59 Å². The van der Waals surface area contributed by atoms with Crippen molar-refractivity contribution in [2.75, 3.05) is 13.7 Å². The van der Waals surface area contributed by atoms with Gasteiger partial charge in [-0.3, -0.25) is 9.78 Å². The number of carbonyl (C=O) groups excluding carboxylic acids is 1. The molecule has 1 rings (SSSR count). The number of rotatable bonds is 6. The highest BCUT2D eigenvalue weighted by molar-refractivity contribution is 5.84. The van der Waals surface area contributed by atoms with Crippen LogP contribution in [0.15, 0.2) is 24.4 Å². The number of carboxylic acids is 1. The molecule has 1 heterocycles. The van der Waals surface area contributed by atoms with Gasteiger partial charge >= 0.3 is 5.97 Å². The fraction of sp³-hybridized carbons (Fsp3) is 0.250. The first kappa shape index (κ1) is 13.7. The standard InChI is InChI=1S/C12H14N2O4/c1-13-11(15)6-7-18-10-4-2-9(14-8-10)3-5-12(16)17/h2-5,8H,6-7H2,1H3,(H,13,15)(H,16,17). The quantitative estimate of drug-likeness (QED) is 0.725. The summed E-state index contributed by atoms with van der Waals surface area (Å²) in [5, 5.41) is 10.9. The maximum Gasteiger partial charge on any atom is 0.328 e. The van der Waals surface area contributed by atoms with E-state index in [4.69, 9.17) is 9.84 Å². The van der Waals surface area contributed by atoms with Gasteiger partial charge in [-0.1, -0.05) is 0 Å². The smallest absolute Gasteiger partial charge is 0.328 e. The molecule has 96 valence electrons. The Morgan fingerprint density at radius 1 is 1.50 bits per heavy atom. The van der Waals surface area contributed by atoms with Gasteiger partial charge in [-0.05, 0) is 18.2 Å². The third-order valence-electron chi connectivity index (χ3n) is 2.03. The molecule has 0 aromatic carbocycles. The lowest BCUT2D eigenvalue weighted by atomic mass is 10.3. The monoisotopic (exact) mass is 250 g/mol. The number of amides is 1. The molecule has 1 aromatic rings. The topological polar surface area (TPSA) is 88.5 Å². The zero-order valence-corrected chi connectivity index (χ0v) is 9.92. The molecule has 18 heavy (non-hydrogen) atoms. The summed E-state index contributed by atoms with van der Waals surface area (Å²) in [6.45, 7) is 0.270. The molecule has 0 aliphatic rings. The first-order chi connectivity index (χ1) is 8.61. The second-order valence-corrected chi connectivity index (χ2v) is 3.36. The predicted molar refractivity (Wildman–Crippen MR) is 65.1 cm³/mol. The number of aliphatic carboxylic acids is 1. The largest absolute Gasteiger partial charge is 0.491 e. The van der Waals surface area contributed by atoms with Crippen LogP contribution in [0.25, 0.3) is 6.08 Å². The van der Waals surface area contributed by atoms with Crippen molar-refractivity contribution in [3.8, 4) is 5.75 Å². The summed E-state index contributed by atoms with van der Waals surface area (Å²) in [7, 11) is 1.56. The highest BCUT2D eigenvalue weighted by Crippen LogP contribution is 2.10. The summed E-state index contributed by atoms with van der Waals surface area (Å²) >= 11 is 0. The fourth-order valence-electron chi connectivity index (χ4n) is 1.12. The third-order valence-corrected chi connectivity index (χ3v) is 2.03. The summed E-state index contributed by atoms with van der Waals surface area (Å²) in [5.74, 6) is -0.585. The van der Waals surface area contributed by atoms with Gasteiger partial charge in [0.15, 0.2) is 0 Å². The van der Waals surface area contributed by atoms with Crippen molar-refractivity contribution >= 4 is 18.0 Å². The van der Waals surface area contributed by atoms with Crippen LogP contribution in [0, 0.1) is 0 Å². The van der Waals surface area contributed by atoms with E-state index in [0.717, 1.165) is 6.08 Å². The average molecular weight is 250 g/mol. The van der Waals surface area contributed by atoms with Gasteiger partial charge in [0.05, 0.1) is 24.9 Å². The fourth-order valence-corrected chi connectivity index (χ4v) is 1.12.